The maximum absolute atomic E-state index is 11.7. The predicted molar refractivity (Wildman–Crippen MR) is 65.6 cm³/mol. The first kappa shape index (κ1) is 11.6. The molecule has 0 aliphatic rings. The number of nitrogens with two attached hydrogens (primary N) is 1. The number of aromatic amines is 1. The molecule has 0 aliphatic heterocycles. The Labute approximate surface area is 99.3 Å². The molecule has 1 heterocycles. The van der Waals surface area contributed by atoms with Gasteiger partial charge < -0.3 is 5.73 Å². The predicted octanol–water partition coefficient (Wildman–Crippen LogP) is 0.814. The number of hydrogen-bond acceptors (Lipinski definition) is 3. The van der Waals surface area contributed by atoms with Crippen LogP contribution in [0.25, 0.3) is 0 Å². The number of aromatic nitrogens is 3. The monoisotopic (exact) mass is 232 g/mol. The minimum Gasteiger partial charge on any atom is -0.319 e. The molecule has 1 aromatic carbocycles. The van der Waals surface area contributed by atoms with Crippen LogP contribution in [0.5, 0.6) is 0 Å². The Morgan fingerprint density at radius 1 is 1.35 bits per heavy atom. The van der Waals surface area contributed by atoms with Gasteiger partial charge in [0, 0.05) is 0 Å². The van der Waals surface area contributed by atoms with Gasteiger partial charge in [0.05, 0.1) is 12.1 Å². The summed E-state index contributed by atoms with van der Waals surface area (Å²) in [5.41, 5.74) is 6.15. The molecule has 3 N–H and O–H groups in total. The van der Waals surface area contributed by atoms with Crippen LogP contribution >= 0.6 is 0 Å². The molecule has 0 atom stereocenters. The number of hydrogen-bond donors (Lipinski definition) is 2. The molecule has 0 fully saturated rings. The lowest BCUT2D eigenvalue weighted by Crippen LogP contribution is -2.34. The molecule has 5 heteroatoms. The summed E-state index contributed by atoms with van der Waals surface area (Å²) in [4.78, 5) is 11.7. The van der Waals surface area contributed by atoms with Gasteiger partial charge in [-0.25, -0.2) is 9.89 Å². The van der Waals surface area contributed by atoms with Crippen molar-refractivity contribution in [3.63, 3.8) is 0 Å². The third-order valence-electron chi connectivity index (χ3n) is 2.52. The fourth-order valence-electron chi connectivity index (χ4n) is 1.72. The lowest BCUT2D eigenvalue weighted by atomic mass is 10.1. The van der Waals surface area contributed by atoms with E-state index in [0.29, 0.717) is 12.4 Å². The van der Waals surface area contributed by atoms with E-state index in [1.165, 1.54) is 0 Å². The van der Waals surface area contributed by atoms with Crippen LogP contribution in [0.1, 0.15) is 25.2 Å². The molecule has 0 radical (unpaired) electrons. The molecule has 2 aromatic rings. The van der Waals surface area contributed by atoms with Gasteiger partial charge in [-0.3, -0.25) is 4.57 Å². The first-order valence-electron chi connectivity index (χ1n) is 5.47. The van der Waals surface area contributed by atoms with Crippen LogP contribution < -0.4 is 11.4 Å². The highest BCUT2D eigenvalue weighted by Crippen LogP contribution is 2.13. The van der Waals surface area contributed by atoms with E-state index in [4.69, 9.17) is 5.73 Å². The van der Waals surface area contributed by atoms with Crippen LogP contribution in [-0.4, -0.2) is 14.8 Å². The molecule has 5 nitrogen and oxygen atoms in total. The second-order valence-electron chi connectivity index (χ2n) is 4.65. The highest BCUT2D eigenvalue weighted by atomic mass is 16.1. The van der Waals surface area contributed by atoms with Crippen molar-refractivity contribution in [3.8, 4) is 0 Å². The van der Waals surface area contributed by atoms with Gasteiger partial charge in [0.1, 0.15) is 0 Å². The zero-order valence-corrected chi connectivity index (χ0v) is 9.97. The van der Waals surface area contributed by atoms with Gasteiger partial charge in [-0.1, -0.05) is 30.3 Å². The molecular formula is C12H16N4O. The standard InChI is InChI=1S/C12H16N4O/c1-12(2,13)10-14-15-11(17)16(10)8-9-6-4-3-5-7-9/h3-7H,8,13H2,1-2H3,(H,15,17). The van der Waals surface area contributed by atoms with Crippen molar-refractivity contribution >= 4 is 0 Å². The van der Waals surface area contributed by atoms with Gasteiger partial charge in [-0.15, -0.1) is 0 Å². The van der Waals surface area contributed by atoms with E-state index in [1.54, 1.807) is 4.57 Å². The molecule has 1 aromatic heterocycles. The van der Waals surface area contributed by atoms with Crippen molar-refractivity contribution in [2.24, 2.45) is 5.73 Å². The maximum Gasteiger partial charge on any atom is 0.343 e. The summed E-state index contributed by atoms with van der Waals surface area (Å²) < 4.78 is 1.56. The van der Waals surface area contributed by atoms with E-state index in [-0.39, 0.29) is 5.69 Å². The highest BCUT2D eigenvalue weighted by Gasteiger charge is 2.22. The second kappa shape index (κ2) is 4.18. The number of rotatable bonds is 3. The molecule has 0 bridgehead atoms. The normalized spacial score (nSPS) is 11.7. The van der Waals surface area contributed by atoms with E-state index < -0.39 is 5.54 Å². The molecule has 0 saturated carbocycles. The van der Waals surface area contributed by atoms with Crippen LogP contribution in [0.15, 0.2) is 35.1 Å². The summed E-state index contributed by atoms with van der Waals surface area (Å²) in [6.45, 7) is 4.13. The van der Waals surface area contributed by atoms with Crippen LogP contribution in [0.2, 0.25) is 0 Å². The Balaban J connectivity index is 2.40. The average Bonchev–Trinajstić information content (AvgIpc) is 2.62. The highest BCUT2D eigenvalue weighted by molar-refractivity contribution is 5.16. The molecule has 0 unspecified atom stereocenters. The minimum atomic E-state index is -0.645. The lowest BCUT2D eigenvalue weighted by Gasteiger charge is -2.18. The van der Waals surface area contributed by atoms with E-state index in [9.17, 15) is 4.79 Å². The quantitative estimate of drug-likeness (QED) is 0.822. The van der Waals surface area contributed by atoms with E-state index >= 15 is 0 Å². The first-order valence-corrected chi connectivity index (χ1v) is 5.47. The van der Waals surface area contributed by atoms with Gasteiger partial charge in [0.25, 0.3) is 0 Å². The summed E-state index contributed by atoms with van der Waals surface area (Å²) in [6, 6.07) is 9.75. The SMILES string of the molecule is CC(C)(N)c1n[nH]c(=O)n1Cc1ccccc1. The Bertz CT molecular complexity index is 548. The van der Waals surface area contributed by atoms with E-state index in [2.05, 4.69) is 10.2 Å². The number of nitrogens with zero attached hydrogens (tertiary/aromatic N) is 2. The van der Waals surface area contributed by atoms with E-state index in [0.717, 1.165) is 5.56 Å². The van der Waals surface area contributed by atoms with Gasteiger partial charge in [0.15, 0.2) is 5.82 Å². The Morgan fingerprint density at radius 3 is 2.59 bits per heavy atom. The molecule has 2 rings (SSSR count). The lowest BCUT2D eigenvalue weighted by molar-refractivity contribution is 0.481. The number of nitrogens with one attached hydrogen (secondary N) is 1. The number of H-pyrrole nitrogens is 1. The van der Waals surface area contributed by atoms with Crippen LogP contribution in [-0.2, 0) is 12.1 Å². The van der Waals surface area contributed by atoms with Gasteiger partial charge in [-0.2, -0.15) is 5.10 Å². The fourth-order valence-corrected chi connectivity index (χ4v) is 1.72. The minimum absolute atomic E-state index is 0.234. The maximum atomic E-state index is 11.7. The van der Waals surface area contributed by atoms with Crippen molar-refractivity contribution in [2.75, 3.05) is 0 Å². The summed E-state index contributed by atoms with van der Waals surface area (Å²) in [5.74, 6) is 0.561. The van der Waals surface area contributed by atoms with Crippen molar-refractivity contribution in [2.45, 2.75) is 25.9 Å². The Hall–Kier alpha value is -1.88. The third kappa shape index (κ3) is 2.45. The largest absolute Gasteiger partial charge is 0.343 e. The van der Waals surface area contributed by atoms with Crippen molar-refractivity contribution < 1.29 is 0 Å². The molecule has 0 saturated heterocycles. The van der Waals surface area contributed by atoms with Crippen molar-refractivity contribution in [1.29, 1.82) is 0 Å². The second-order valence-corrected chi connectivity index (χ2v) is 4.65. The summed E-state index contributed by atoms with van der Waals surface area (Å²) in [5, 5.41) is 6.43. The summed E-state index contributed by atoms with van der Waals surface area (Å²) in [6.07, 6.45) is 0. The fraction of sp³-hybridized carbons (Fsp3) is 0.333. The first-order chi connectivity index (χ1) is 7.98. The average molecular weight is 232 g/mol. The van der Waals surface area contributed by atoms with Gasteiger partial charge in [0.2, 0.25) is 0 Å². The Morgan fingerprint density at radius 2 is 2.00 bits per heavy atom. The van der Waals surface area contributed by atoms with E-state index in [1.807, 2.05) is 44.2 Å². The zero-order chi connectivity index (χ0) is 12.5. The third-order valence-corrected chi connectivity index (χ3v) is 2.52. The molecule has 0 aliphatic carbocycles. The topological polar surface area (TPSA) is 76.7 Å². The number of benzene rings is 1. The Kier molecular flexibility index (Phi) is 2.85. The van der Waals surface area contributed by atoms with Gasteiger partial charge in [-0.05, 0) is 19.4 Å². The summed E-state index contributed by atoms with van der Waals surface area (Å²) >= 11 is 0. The van der Waals surface area contributed by atoms with Crippen molar-refractivity contribution in [1.82, 2.24) is 14.8 Å². The van der Waals surface area contributed by atoms with Crippen LogP contribution in [0.3, 0.4) is 0 Å². The zero-order valence-electron chi connectivity index (χ0n) is 9.97. The molecule has 0 amide bonds. The molecular weight excluding hydrogens is 216 g/mol. The smallest absolute Gasteiger partial charge is 0.319 e. The molecule has 0 spiro atoms. The molecule has 90 valence electrons. The van der Waals surface area contributed by atoms with Gasteiger partial charge >= 0.3 is 5.69 Å². The van der Waals surface area contributed by atoms with Crippen molar-refractivity contribution in [3.05, 3.63) is 52.2 Å². The van der Waals surface area contributed by atoms with Crippen LogP contribution in [0, 0.1) is 0 Å². The summed E-state index contributed by atoms with van der Waals surface area (Å²) in [7, 11) is 0. The van der Waals surface area contributed by atoms with Crippen LogP contribution in [0.4, 0.5) is 0 Å². The molecule has 17 heavy (non-hydrogen) atoms.